The van der Waals surface area contributed by atoms with Crippen LogP contribution in [0.2, 0.25) is 0 Å². The molecule has 0 bridgehead atoms. The molecule has 8 heteroatoms. The van der Waals surface area contributed by atoms with Gasteiger partial charge in [0.1, 0.15) is 0 Å². The van der Waals surface area contributed by atoms with Gasteiger partial charge < -0.3 is 20.7 Å². The summed E-state index contributed by atoms with van der Waals surface area (Å²) < 4.78 is 5.28. The van der Waals surface area contributed by atoms with E-state index in [9.17, 15) is 14.4 Å². The Balaban J connectivity index is 1.60. The minimum atomic E-state index is -0.384. The molecule has 0 aromatic heterocycles. The number of hydrogen-bond donors (Lipinski definition) is 2. The molecule has 0 spiro atoms. The van der Waals surface area contributed by atoms with Gasteiger partial charge >= 0.3 is 0 Å². The van der Waals surface area contributed by atoms with Crippen LogP contribution in [0.1, 0.15) is 23.2 Å². The van der Waals surface area contributed by atoms with E-state index in [0.29, 0.717) is 44.1 Å². The Hall–Kier alpha value is -2.45. The molecule has 3 amide bonds. The predicted octanol–water partition coefficient (Wildman–Crippen LogP) is 0.295. The second-order valence-electron chi connectivity index (χ2n) is 7.02. The molecule has 1 unspecified atom stereocenters. The number of carbonyl (C=O) groups is 3. The fraction of sp³-hybridized carbons (Fsp3) is 0.526. The first kappa shape index (κ1) is 19.3. The van der Waals surface area contributed by atoms with Gasteiger partial charge in [-0.3, -0.25) is 19.3 Å². The van der Waals surface area contributed by atoms with E-state index in [1.165, 1.54) is 0 Å². The number of rotatable bonds is 5. The average molecular weight is 374 g/mol. The molecule has 146 valence electrons. The zero-order valence-electron chi connectivity index (χ0n) is 15.4. The van der Waals surface area contributed by atoms with Crippen molar-refractivity contribution in [2.24, 2.45) is 11.7 Å². The van der Waals surface area contributed by atoms with Crippen LogP contribution in [0.5, 0.6) is 0 Å². The monoisotopic (exact) mass is 374 g/mol. The summed E-state index contributed by atoms with van der Waals surface area (Å²) in [5.74, 6) is -0.734. The van der Waals surface area contributed by atoms with Crippen LogP contribution >= 0.6 is 0 Å². The Kier molecular flexibility index (Phi) is 6.41. The number of piperidine rings is 1. The number of benzene rings is 1. The fourth-order valence-electron chi connectivity index (χ4n) is 3.56. The van der Waals surface area contributed by atoms with E-state index >= 15 is 0 Å². The van der Waals surface area contributed by atoms with Gasteiger partial charge in [-0.15, -0.1) is 0 Å². The molecule has 0 aliphatic carbocycles. The number of nitrogens with zero attached hydrogens (tertiary/aromatic N) is 2. The maximum absolute atomic E-state index is 12.6. The van der Waals surface area contributed by atoms with Crippen molar-refractivity contribution >= 4 is 23.4 Å². The highest BCUT2D eigenvalue weighted by Gasteiger charge is 2.26. The normalized spacial score (nSPS) is 20.9. The van der Waals surface area contributed by atoms with Crippen LogP contribution < -0.4 is 11.1 Å². The standard InChI is InChI=1S/C19H26N4O4/c20-17(24)13-22-6-2-4-15(12-22)18(25)21-16-5-1-3-14(11-16)19(26)23-7-9-27-10-8-23/h1,3,5,11,15H,2,4,6-10,12-13H2,(H2,20,24)(H,21,25). The molecule has 27 heavy (non-hydrogen) atoms. The lowest BCUT2D eigenvalue weighted by Gasteiger charge is -2.31. The number of primary amides is 1. The molecule has 0 radical (unpaired) electrons. The van der Waals surface area contributed by atoms with Crippen molar-refractivity contribution in [2.45, 2.75) is 12.8 Å². The van der Waals surface area contributed by atoms with Gasteiger partial charge in [0.05, 0.1) is 25.7 Å². The van der Waals surface area contributed by atoms with E-state index < -0.39 is 0 Å². The zero-order valence-corrected chi connectivity index (χ0v) is 15.4. The first-order valence-electron chi connectivity index (χ1n) is 9.31. The number of carbonyl (C=O) groups excluding carboxylic acids is 3. The molecule has 2 aliphatic rings. The third-order valence-electron chi connectivity index (χ3n) is 4.93. The summed E-state index contributed by atoms with van der Waals surface area (Å²) >= 11 is 0. The Morgan fingerprint density at radius 2 is 1.96 bits per heavy atom. The third kappa shape index (κ3) is 5.27. The van der Waals surface area contributed by atoms with Crippen molar-refractivity contribution in [3.05, 3.63) is 29.8 Å². The topological polar surface area (TPSA) is 105 Å². The molecule has 3 N–H and O–H groups in total. The van der Waals surface area contributed by atoms with Gasteiger partial charge in [0.2, 0.25) is 11.8 Å². The second kappa shape index (κ2) is 8.96. The number of morpholine rings is 1. The van der Waals surface area contributed by atoms with Crippen molar-refractivity contribution in [1.82, 2.24) is 9.80 Å². The predicted molar refractivity (Wildman–Crippen MR) is 100 cm³/mol. The van der Waals surface area contributed by atoms with E-state index in [4.69, 9.17) is 10.5 Å². The van der Waals surface area contributed by atoms with Crippen molar-refractivity contribution in [3.63, 3.8) is 0 Å². The van der Waals surface area contributed by atoms with Crippen LogP contribution in [0, 0.1) is 5.92 Å². The highest BCUT2D eigenvalue weighted by atomic mass is 16.5. The van der Waals surface area contributed by atoms with Gasteiger partial charge in [-0.25, -0.2) is 0 Å². The number of hydrogen-bond acceptors (Lipinski definition) is 5. The van der Waals surface area contributed by atoms with Crippen LogP contribution in [-0.2, 0) is 14.3 Å². The van der Waals surface area contributed by atoms with Gasteiger partial charge in [-0.1, -0.05) is 6.07 Å². The summed E-state index contributed by atoms with van der Waals surface area (Å²) in [6, 6.07) is 7.00. The van der Waals surface area contributed by atoms with Crippen molar-refractivity contribution in [2.75, 3.05) is 51.3 Å². The maximum Gasteiger partial charge on any atom is 0.254 e. The quantitative estimate of drug-likeness (QED) is 0.771. The van der Waals surface area contributed by atoms with E-state index in [-0.39, 0.29) is 30.2 Å². The first-order chi connectivity index (χ1) is 13.0. The number of anilines is 1. The minimum absolute atomic E-state index is 0.0558. The highest BCUT2D eigenvalue weighted by Crippen LogP contribution is 2.20. The summed E-state index contributed by atoms with van der Waals surface area (Å²) in [5, 5.41) is 2.91. The third-order valence-corrected chi connectivity index (χ3v) is 4.93. The molecule has 2 heterocycles. The molecule has 2 fully saturated rings. The molecule has 2 saturated heterocycles. The molecule has 1 aromatic rings. The van der Waals surface area contributed by atoms with E-state index in [1.54, 1.807) is 29.2 Å². The van der Waals surface area contributed by atoms with Crippen LogP contribution in [0.15, 0.2) is 24.3 Å². The SMILES string of the molecule is NC(=O)CN1CCCC(C(=O)Nc2cccc(C(=O)N3CCOCC3)c2)C1. The van der Waals surface area contributed by atoms with Crippen LogP contribution in [0.4, 0.5) is 5.69 Å². The smallest absolute Gasteiger partial charge is 0.254 e. The van der Waals surface area contributed by atoms with Gasteiger partial charge in [0, 0.05) is 30.9 Å². The lowest BCUT2D eigenvalue weighted by Crippen LogP contribution is -2.44. The zero-order chi connectivity index (χ0) is 19.2. The van der Waals surface area contributed by atoms with E-state index in [1.807, 2.05) is 4.90 Å². The van der Waals surface area contributed by atoms with E-state index in [0.717, 1.165) is 19.4 Å². The second-order valence-corrected chi connectivity index (χ2v) is 7.02. The van der Waals surface area contributed by atoms with Gasteiger partial charge in [0.15, 0.2) is 0 Å². The van der Waals surface area contributed by atoms with Gasteiger partial charge in [0.25, 0.3) is 5.91 Å². The van der Waals surface area contributed by atoms with Crippen molar-refractivity contribution < 1.29 is 19.1 Å². The minimum Gasteiger partial charge on any atom is -0.378 e. The Morgan fingerprint density at radius 3 is 2.70 bits per heavy atom. The van der Waals surface area contributed by atoms with E-state index in [2.05, 4.69) is 5.32 Å². The van der Waals surface area contributed by atoms with Crippen LogP contribution in [-0.4, -0.2) is 73.5 Å². The summed E-state index contributed by atoms with van der Waals surface area (Å²) in [5.41, 5.74) is 6.40. The molecule has 8 nitrogen and oxygen atoms in total. The Morgan fingerprint density at radius 1 is 1.19 bits per heavy atom. The molecule has 3 rings (SSSR count). The van der Waals surface area contributed by atoms with Gasteiger partial charge in [-0.05, 0) is 37.6 Å². The number of ether oxygens (including phenoxy) is 1. The number of nitrogens with one attached hydrogen (secondary N) is 1. The first-order valence-corrected chi connectivity index (χ1v) is 9.31. The molecule has 1 aromatic carbocycles. The van der Waals surface area contributed by atoms with Crippen molar-refractivity contribution in [3.8, 4) is 0 Å². The van der Waals surface area contributed by atoms with Crippen LogP contribution in [0.25, 0.3) is 0 Å². The molecule has 0 saturated carbocycles. The molecule has 1 atom stereocenters. The summed E-state index contributed by atoms with van der Waals surface area (Å²) in [7, 11) is 0. The fourth-order valence-corrected chi connectivity index (χ4v) is 3.56. The lowest BCUT2D eigenvalue weighted by atomic mass is 9.97. The largest absolute Gasteiger partial charge is 0.378 e. The molecular weight excluding hydrogens is 348 g/mol. The van der Waals surface area contributed by atoms with Crippen molar-refractivity contribution in [1.29, 1.82) is 0 Å². The van der Waals surface area contributed by atoms with Crippen LogP contribution in [0.3, 0.4) is 0 Å². The molecular formula is C19H26N4O4. The van der Waals surface area contributed by atoms with Gasteiger partial charge in [-0.2, -0.15) is 0 Å². The Bertz CT molecular complexity index is 703. The molecule has 2 aliphatic heterocycles. The Labute approximate surface area is 158 Å². The number of amides is 3. The summed E-state index contributed by atoms with van der Waals surface area (Å²) in [6.07, 6.45) is 1.62. The lowest BCUT2D eigenvalue weighted by molar-refractivity contribution is -0.124. The maximum atomic E-state index is 12.6. The average Bonchev–Trinajstić information content (AvgIpc) is 2.68. The summed E-state index contributed by atoms with van der Waals surface area (Å²) in [4.78, 5) is 40.0. The number of likely N-dealkylation sites (tertiary alicyclic amines) is 1. The number of nitrogens with two attached hydrogens (primary N) is 1. The highest BCUT2D eigenvalue weighted by molar-refractivity contribution is 5.97. The summed E-state index contributed by atoms with van der Waals surface area (Å²) in [6.45, 7) is 3.71.